The van der Waals surface area contributed by atoms with Crippen molar-refractivity contribution in [2.75, 3.05) is 26.7 Å². The Hall–Kier alpha value is -2.12. The fourth-order valence-corrected chi connectivity index (χ4v) is 2.81. The van der Waals surface area contributed by atoms with Gasteiger partial charge in [0.1, 0.15) is 0 Å². The molecule has 1 aromatic carbocycles. The summed E-state index contributed by atoms with van der Waals surface area (Å²) in [5, 5.41) is 12.7. The standard InChI is InChI=1S/C17H27N5O2/c1-22-11-14(24-12-13-6-3-2-4-7-13)10-15(22)16(23)20-8-5-9-21-17(18)19/h2-4,6-7,14-15H,5,8-12H2,1H3,(H,20,23)(H4,18,19,21)/t14-,15+/m1/s1. The summed E-state index contributed by atoms with van der Waals surface area (Å²) in [6.45, 7) is 2.49. The maximum absolute atomic E-state index is 12.3. The van der Waals surface area contributed by atoms with Crippen LogP contribution in [0, 0.1) is 5.41 Å². The average Bonchev–Trinajstić information content (AvgIpc) is 2.94. The van der Waals surface area contributed by atoms with E-state index in [2.05, 4.69) is 10.6 Å². The maximum Gasteiger partial charge on any atom is 0.237 e. The van der Waals surface area contributed by atoms with Crippen LogP contribution < -0.4 is 16.4 Å². The maximum atomic E-state index is 12.3. The zero-order chi connectivity index (χ0) is 17.4. The lowest BCUT2D eigenvalue weighted by Crippen LogP contribution is -2.42. The van der Waals surface area contributed by atoms with Gasteiger partial charge in [0.05, 0.1) is 18.8 Å². The van der Waals surface area contributed by atoms with Gasteiger partial charge < -0.3 is 21.1 Å². The number of likely N-dealkylation sites (N-methyl/N-ethyl adjacent to an activating group) is 1. The first-order chi connectivity index (χ1) is 11.6. The second-order valence-corrected chi connectivity index (χ2v) is 6.09. The van der Waals surface area contributed by atoms with Crippen LogP contribution in [0.2, 0.25) is 0 Å². The van der Waals surface area contributed by atoms with E-state index in [1.807, 2.05) is 42.3 Å². The summed E-state index contributed by atoms with van der Waals surface area (Å²) in [5.41, 5.74) is 6.35. The Labute approximate surface area is 143 Å². The summed E-state index contributed by atoms with van der Waals surface area (Å²) in [6, 6.07) is 9.91. The molecule has 1 aromatic rings. The van der Waals surface area contributed by atoms with Crippen LogP contribution >= 0.6 is 0 Å². The van der Waals surface area contributed by atoms with E-state index in [-0.39, 0.29) is 24.0 Å². The Kier molecular flexibility index (Phi) is 7.02. The summed E-state index contributed by atoms with van der Waals surface area (Å²) < 4.78 is 5.94. The van der Waals surface area contributed by atoms with Crippen LogP contribution in [0.3, 0.4) is 0 Å². The Bertz CT molecular complexity index is 537. The van der Waals surface area contributed by atoms with E-state index in [0.717, 1.165) is 18.5 Å². The molecule has 24 heavy (non-hydrogen) atoms. The molecule has 2 atom stereocenters. The molecule has 1 aliphatic rings. The number of nitrogens with zero attached hydrogens (tertiary/aromatic N) is 1. The molecule has 5 N–H and O–H groups in total. The fraction of sp³-hybridized carbons (Fsp3) is 0.529. The van der Waals surface area contributed by atoms with Crippen molar-refractivity contribution in [2.45, 2.75) is 31.6 Å². The zero-order valence-corrected chi connectivity index (χ0v) is 14.1. The van der Waals surface area contributed by atoms with E-state index in [0.29, 0.717) is 26.1 Å². The second kappa shape index (κ2) is 9.24. The number of hydrogen-bond donors (Lipinski definition) is 4. The van der Waals surface area contributed by atoms with Crippen LogP contribution in [0.5, 0.6) is 0 Å². The number of benzene rings is 1. The van der Waals surface area contributed by atoms with Crippen molar-refractivity contribution >= 4 is 11.9 Å². The monoisotopic (exact) mass is 333 g/mol. The van der Waals surface area contributed by atoms with Crippen LogP contribution in [-0.2, 0) is 16.1 Å². The summed E-state index contributed by atoms with van der Waals surface area (Å²) in [5.74, 6) is -0.0126. The second-order valence-electron chi connectivity index (χ2n) is 6.09. The third-order valence-electron chi connectivity index (χ3n) is 4.11. The van der Waals surface area contributed by atoms with Gasteiger partial charge >= 0.3 is 0 Å². The number of ether oxygens (including phenoxy) is 1. The molecule has 1 heterocycles. The molecule has 0 bridgehead atoms. The lowest BCUT2D eigenvalue weighted by Gasteiger charge is -2.18. The van der Waals surface area contributed by atoms with Crippen LogP contribution in [0.25, 0.3) is 0 Å². The third-order valence-corrected chi connectivity index (χ3v) is 4.11. The Morgan fingerprint density at radius 1 is 1.33 bits per heavy atom. The molecule has 0 aromatic heterocycles. The van der Waals surface area contributed by atoms with Crippen molar-refractivity contribution in [1.82, 2.24) is 15.5 Å². The molecule has 0 saturated carbocycles. The minimum absolute atomic E-state index is 0.0335. The van der Waals surface area contributed by atoms with Crippen molar-refractivity contribution in [2.24, 2.45) is 5.73 Å². The molecular weight excluding hydrogens is 306 g/mol. The van der Waals surface area contributed by atoms with Gasteiger partial charge in [-0.25, -0.2) is 0 Å². The third kappa shape index (κ3) is 5.82. The van der Waals surface area contributed by atoms with Crippen LogP contribution in [0.1, 0.15) is 18.4 Å². The van der Waals surface area contributed by atoms with Gasteiger partial charge in [0.25, 0.3) is 0 Å². The molecule has 0 unspecified atom stereocenters. The van der Waals surface area contributed by atoms with Gasteiger partial charge in [-0.1, -0.05) is 30.3 Å². The largest absolute Gasteiger partial charge is 0.372 e. The normalized spacial score (nSPS) is 20.7. The zero-order valence-electron chi connectivity index (χ0n) is 14.1. The predicted octanol–water partition coefficient (Wildman–Crippen LogP) is 0.265. The average molecular weight is 333 g/mol. The van der Waals surface area contributed by atoms with Crippen molar-refractivity contribution in [3.63, 3.8) is 0 Å². The van der Waals surface area contributed by atoms with Gasteiger partial charge in [0, 0.05) is 19.6 Å². The lowest BCUT2D eigenvalue weighted by atomic mass is 10.2. The van der Waals surface area contributed by atoms with E-state index >= 15 is 0 Å². The molecule has 2 rings (SSSR count). The highest BCUT2D eigenvalue weighted by molar-refractivity contribution is 5.82. The highest BCUT2D eigenvalue weighted by atomic mass is 16.5. The molecule has 0 radical (unpaired) electrons. The van der Waals surface area contributed by atoms with Gasteiger partial charge in [0.2, 0.25) is 5.91 Å². The molecule has 1 fully saturated rings. The molecule has 132 valence electrons. The Morgan fingerprint density at radius 2 is 2.04 bits per heavy atom. The van der Waals surface area contributed by atoms with Crippen molar-refractivity contribution in [3.8, 4) is 0 Å². The molecule has 1 saturated heterocycles. The topological polar surface area (TPSA) is 103 Å². The number of rotatable bonds is 8. The van der Waals surface area contributed by atoms with E-state index < -0.39 is 0 Å². The molecule has 1 amide bonds. The molecule has 0 spiro atoms. The van der Waals surface area contributed by atoms with Gasteiger partial charge in [-0.05, 0) is 25.5 Å². The van der Waals surface area contributed by atoms with Crippen LogP contribution in [-0.4, -0.2) is 55.6 Å². The number of hydrogen-bond acceptors (Lipinski definition) is 4. The summed E-state index contributed by atoms with van der Waals surface area (Å²) in [6.07, 6.45) is 1.52. The number of guanidine groups is 1. The number of carbonyl (C=O) groups excluding carboxylic acids is 1. The summed E-state index contributed by atoms with van der Waals surface area (Å²) >= 11 is 0. The molecular formula is C17H27N5O2. The quantitative estimate of drug-likeness (QED) is 0.310. The van der Waals surface area contributed by atoms with E-state index in [1.165, 1.54) is 0 Å². The van der Waals surface area contributed by atoms with Crippen molar-refractivity contribution < 1.29 is 9.53 Å². The number of nitrogens with one attached hydrogen (secondary N) is 3. The first kappa shape index (κ1) is 18.2. The van der Waals surface area contributed by atoms with Gasteiger partial charge in [-0.2, -0.15) is 0 Å². The first-order valence-electron chi connectivity index (χ1n) is 8.27. The van der Waals surface area contributed by atoms with Crippen LogP contribution in [0.15, 0.2) is 30.3 Å². The first-order valence-corrected chi connectivity index (χ1v) is 8.27. The lowest BCUT2D eigenvalue weighted by molar-refractivity contribution is -0.125. The van der Waals surface area contributed by atoms with Crippen molar-refractivity contribution in [3.05, 3.63) is 35.9 Å². The summed E-state index contributed by atoms with van der Waals surface area (Å²) in [4.78, 5) is 14.3. The number of carbonyl (C=O) groups is 1. The van der Waals surface area contributed by atoms with Crippen LogP contribution in [0.4, 0.5) is 0 Å². The Morgan fingerprint density at radius 3 is 2.75 bits per heavy atom. The molecule has 1 aliphatic heterocycles. The number of nitrogens with two attached hydrogens (primary N) is 1. The summed E-state index contributed by atoms with van der Waals surface area (Å²) in [7, 11) is 1.95. The minimum atomic E-state index is -0.147. The Balaban J connectivity index is 1.68. The van der Waals surface area contributed by atoms with Gasteiger partial charge in [-0.15, -0.1) is 0 Å². The number of likely N-dealkylation sites (tertiary alicyclic amines) is 1. The minimum Gasteiger partial charge on any atom is -0.372 e. The molecule has 7 nitrogen and oxygen atoms in total. The van der Waals surface area contributed by atoms with E-state index in [9.17, 15) is 4.79 Å². The molecule has 0 aliphatic carbocycles. The van der Waals surface area contributed by atoms with Gasteiger partial charge in [0.15, 0.2) is 5.96 Å². The van der Waals surface area contributed by atoms with Crippen molar-refractivity contribution in [1.29, 1.82) is 5.41 Å². The fourth-order valence-electron chi connectivity index (χ4n) is 2.81. The highest BCUT2D eigenvalue weighted by Gasteiger charge is 2.34. The van der Waals surface area contributed by atoms with E-state index in [1.54, 1.807) is 0 Å². The SMILES string of the molecule is CN1C[C@H](OCc2ccccc2)C[C@H]1C(=O)NCCCNC(=N)N. The van der Waals surface area contributed by atoms with Gasteiger partial charge in [-0.3, -0.25) is 15.1 Å². The highest BCUT2D eigenvalue weighted by Crippen LogP contribution is 2.20. The predicted molar refractivity (Wildman–Crippen MR) is 93.6 cm³/mol. The number of amides is 1. The smallest absolute Gasteiger partial charge is 0.237 e. The van der Waals surface area contributed by atoms with E-state index in [4.69, 9.17) is 15.9 Å². The molecule has 7 heteroatoms.